The van der Waals surface area contributed by atoms with E-state index in [9.17, 15) is 4.79 Å². The molecule has 1 N–H and O–H groups in total. The Morgan fingerprint density at radius 1 is 1.57 bits per heavy atom. The number of carbonyl (C=O) groups excluding carboxylic acids is 1. The van der Waals surface area contributed by atoms with Gasteiger partial charge in [0.1, 0.15) is 0 Å². The molecule has 0 saturated carbocycles. The highest BCUT2D eigenvalue weighted by molar-refractivity contribution is 5.95. The second-order valence-corrected chi connectivity index (χ2v) is 6.96. The van der Waals surface area contributed by atoms with Gasteiger partial charge in [0.25, 0.3) is 5.91 Å². The van der Waals surface area contributed by atoms with Gasteiger partial charge in [-0.3, -0.25) is 9.48 Å². The Hall–Kier alpha value is -1.36. The van der Waals surface area contributed by atoms with Gasteiger partial charge in [0, 0.05) is 12.0 Å². The summed E-state index contributed by atoms with van der Waals surface area (Å²) in [5.41, 5.74) is 1.69. The van der Waals surface area contributed by atoms with Crippen molar-refractivity contribution in [3.63, 3.8) is 0 Å². The first-order chi connectivity index (χ1) is 9.85. The monoisotopic (exact) mass is 293 g/mol. The number of nitrogens with zero attached hydrogens (tertiary/aromatic N) is 2. The summed E-state index contributed by atoms with van der Waals surface area (Å²) in [5.74, 6) is 0.471. The zero-order valence-electron chi connectivity index (χ0n) is 13.8. The lowest BCUT2D eigenvalue weighted by Crippen LogP contribution is -2.44. The van der Waals surface area contributed by atoms with Crippen molar-refractivity contribution in [1.82, 2.24) is 15.1 Å². The Kier molecular flexibility index (Phi) is 4.71. The molecule has 0 spiro atoms. The third kappa shape index (κ3) is 3.46. The molecule has 2 heterocycles. The minimum atomic E-state index is -0.0366. The van der Waals surface area contributed by atoms with E-state index < -0.39 is 0 Å². The maximum absolute atomic E-state index is 12.5. The second-order valence-electron chi connectivity index (χ2n) is 6.96. The lowest BCUT2D eigenvalue weighted by molar-refractivity contribution is 0.0914. The van der Waals surface area contributed by atoms with Crippen LogP contribution in [-0.4, -0.2) is 34.9 Å². The summed E-state index contributed by atoms with van der Waals surface area (Å²) in [6.07, 6.45) is 2.50. The van der Waals surface area contributed by atoms with Crippen LogP contribution < -0.4 is 5.32 Å². The van der Waals surface area contributed by atoms with Crippen LogP contribution in [0.1, 0.15) is 50.7 Å². The number of aromatic nitrogens is 2. The summed E-state index contributed by atoms with van der Waals surface area (Å²) >= 11 is 0. The van der Waals surface area contributed by atoms with E-state index in [1.165, 1.54) is 0 Å². The second kappa shape index (κ2) is 6.18. The molecule has 0 radical (unpaired) electrons. The highest BCUT2D eigenvalue weighted by atomic mass is 16.5. The van der Waals surface area contributed by atoms with Crippen LogP contribution in [0.15, 0.2) is 6.20 Å². The molecule has 1 aliphatic rings. The van der Waals surface area contributed by atoms with Gasteiger partial charge in [0.05, 0.1) is 36.7 Å². The summed E-state index contributed by atoms with van der Waals surface area (Å²) in [6, 6.07) is 0.0585. The number of rotatable bonds is 5. The predicted octanol–water partition coefficient (Wildman–Crippen LogP) is 2.26. The minimum absolute atomic E-state index is 0.0179. The molecule has 1 fully saturated rings. The molecule has 2 rings (SSSR count). The Morgan fingerprint density at radius 2 is 2.29 bits per heavy atom. The summed E-state index contributed by atoms with van der Waals surface area (Å²) in [5, 5.41) is 7.49. The molecule has 1 aliphatic heterocycles. The first-order valence-corrected chi connectivity index (χ1v) is 7.78. The number of hydrogen-bond donors (Lipinski definition) is 1. The Morgan fingerprint density at radius 3 is 2.81 bits per heavy atom. The Labute approximate surface area is 127 Å². The molecule has 1 amide bonds. The van der Waals surface area contributed by atoms with Crippen molar-refractivity contribution < 1.29 is 9.53 Å². The lowest BCUT2D eigenvalue weighted by atomic mass is 9.88. The summed E-state index contributed by atoms with van der Waals surface area (Å²) in [7, 11) is 0. The summed E-state index contributed by atoms with van der Waals surface area (Å²) in [6.45, 7) is 12.7. The molecule has 118 valence electrons. The molecule has 0 aliphatic carbocycles. The SMILES string of the molecule is CCc1c(C(=O)NC2COCC2(C)C)cnn1CC(C)C. The van der Waals surface area contributed by atoms with Crippen molar-refractivity contribution in [3.05, 3.63) is 17.5 Å². The zero-order valence-corrected chi connectivity index (χ0v) is 13.8. The predicted molar refractivity (Wildman–Crippen MR) is 82.3 cm³/mol. The van der Waals surface area contributed by atoms with Gasteiger partial charge in [-0.15, -0.1) is 0 Å². The largest absolute Gasteiger partial charge is 0.379 e. The van der Waals surface area contributed by atoms with E-state index in [4.69, 9.17) is 4.74 Å². The van der Waals surface area contributed by atoms with Crippen molar-refractivity contribution in [2.75, 3.05) is 13.2 Å². The molecule has 21 heavy (non-hydrogen) atoms. The molecule has 0 bridgehead atoms. The van der Waals surface area contributed by atoms with Gasteiger partial charge in [0.15, 0.2) is 0 Å². The van der Waals surface area contributed by atoms with Gasteiger partial charge in [-0.2, -0.15) is 5.10 Å². The number of amides is 1. The highest BCUT2D eigenvalue weighted by Crippen LogP contribution is 2.27. The van der Waals surface area contributed by atoms with E-state index in [1.54, 1.807) is 6.20 Å². The van der Waals surface area contributed by atoms with Gasteiger partial charge >= 0.3 is 0 Å². The smallest absolute Gasteiger partial charge is 0.255 e. The van der Waals surface area contributed by atoms with Crippen molar-refractivity contribution in [2.45, 2.75) is 53.6 Å². The minimum Gasteiger partial charge on any atom is -0.379 e. The number of carbonyl (C=O) groups is 1. The van der Waals surface area contributed by atoms with Crippen LogP contribution in [0.4, 0.5) is 0 Å². The number of nitrogens with one attached hydrogen (secondary N) is 1. The Balaban J connectivity index is 2.14. The van der Waals surface area contributed by atoms with Gasteiger partial charge in [-0.1, -0.05) is 34.6 Å². The zero-order chi connectivity index (χ0) is 15.6. The van der Waals surface area contributed by atoms with Gasteiger partial charge in [0.2, 0.25) is 0 Å². The fourth-order valence-corrected chi connectivity index (χ4v) is 2.72. The first-order valence-electron chi connectivity index (χ1n) is 7.78. The molecule has 1 aromatic heterocycles. The van der Waals surface area contributed by atoms with Crippen molar-refractivity contribution in [1.29, 1.82) is 0 Å². The van der Waals surface area contributed by atoms with E-state index in [2.05, 4.69) is 45.0 Å². The fourth-order valence-electron chi connectivity index (χ4n) is 2.72. The van der Waals surface area contributed by atoms with Gasteiger partial charge in [-0.25, -0.2) is 0 Å². The van der Waals surface area contributed by atoms with Gasteiger partial charge in [-0.05, 0) is 12.3 Å². The van der Waals surface area contributed by atoms with Crippen LogP contribution >= 0.6 is 0 Å². The number of hydrogen-bond acceptors (Lipinski definition) is 3. The summed E-state index contributed by atoms with van der Waals surface area (Å²) < 4.78 is 7.44. The quantitative estimate of drug-likeness (QED) is 0.906. The van der Waals surface area contributed by atoms with Crippen molar-refractivity contribution in [2.24, 2.45) is 11.3 Å². The molecule has 1 aromatic rings. The average Bonchev–Trinajstić information content (AvgIpc) is 2.92. The fraction of sp³-hybridized carbons (Fsp3) is 0.750. The number of ether oxygens (including phenoxy) is 1. The maximum atomic E-state index is 12.5. The topological polar surface area (TPSA) is 56.1 Å². The van der Waals surface area contributed by atoms with E-state index >= 15 is 0 Å². The van der Waals surface area contributed by atoms with E-state index in [0.717, 1.165) is 18.7 Å². The Bertz CT molecular complexity index is 506. The third-order valence-electron chi connectivity index (χ3n) is 4.07. The lowest BCUT2D eigenvalue weighted by Gasteiger charge is -2.25. The molecule has 1 unspecified atom stereocenters. The summed E-state index contributed by atoms with van der Waals surface area (Å²) in [4.78, 5) is 12.5. The van der Waals surface area contributed by atoms with Gasteiger partial charge < -0.3 is 10.1 Å². The molecule has 0 aromatic carbocycles. The van der Waals surface area contributed by atoms with Crippen LogP contribution in [0, 0.1) is 11.3 Å². The van der Waals surface area contributed by atoms with E-state index in [0.29, 0.717) is 24.7 Å². The maximum Gasteiger partial charge on any atom is 0.255 e. The first kappa shape index (κ1) is 16.0. The van der Waals surface area contributed by atoms with Crippen LogP contribution in [0.25, 0.3) is 0 Å². The molecule has 1 saturated heterocycles. The normalized spacial score (nSPS) is 21.0. The molecule has 1 atom stereocenters. The van der Waals surface area contributed by atoms with E-state index in [1.807, 2.05) is 4.68 Å². The van der Waals surface area contributed by atoms with Crippen molar-refractivity contribution in [3.8, 4) is 0 Å². The highest BCUT2D eigenvalue weighted by Gasteiger charge is 2.37. The molecule has 5 nitrogen and oxygen atoms in total. The van der Waals surface area contributed by atoms with Crippen molar-refractivity contribution >= 4 is 5.91 Å². The average molecular weight is 293 g/mol. The molecule has 5 heteroatoms. The van der Waals surface area contributed by atoms with E-state index in [-0.39, 0.29) is 17.4 Å². The van der Waals surface area contributed by atoms with Crippen LogP contribution in [0.3, 0.4) is 0 Å². The molecular weight excluding hydrogens is 266 g/mol. The standard InChI is InChI=1S/C16H27N3O2/c1-6-13-12(7-17-19(13)8-11(2)3)15(20)18-14-9-21-10-16(14,4)5/h7,11,14H,6,8-10H2,1-5H3,(H,18,20). The molecular formula is C16H27N3O2. The van der Waals surface area contributed by atoms with Crippen LogP contribution in [0.5, 0.6) is 0 Å². The van der Waals surface area contributed by atoms with Crippen LogP contribution in [0.2, 0.25) is 0 Å². The van der Waals surface area contributed by atoms with Crippen LogP contribution in [-0.2, 0) is 17.7 Å². The third-order valence-corrected chi connectivity index (χ3v) is 4.07.